The smallest absolute Gasteiger partial charge is 0.255 e. The first-order valence-electron chi connectivity index (χ1n) is 5.18. The number of aromatic nitrogens is 2. The molecule has 0 aromatic carbocycles. The third kappa shape index (κ3) is 3.13. The molecule has 98 valence electrons. The summed E-state index contributed by atoms with van der Waals surface area (Å²) in [4.78, 5) is 0. The van der Waals surface area contributed by atoms with Crippen LogP contribution in [0, 0.1) is 0 Å². The molecule has 0 aliphatic rings. The Kier molecular flexibility index (Phi) is 5.24. The first-order valence-corrected chi connectivity index (χ1v) is 7.54. The van der Waals surface area contributed by atoms with Crippen LogP contribution >= 0.6 is 23.2 Å². The van der Waals surface area contributed by atoms with Crippen molar-refractivity contribution in [1.29, 1.82) is 0 Å². The Bertz CT molecular complexity index is 447. The Balaban J connectivity index is 3.16. The van der Waals surface area contributed by atoms with Gasteiger partial charge in [-0.25, -0.2) is 8.42 Å². The second kappa shape index (κ2) is 6.04. The molecular weight excluding hydrogens is 285 g/mol. The zero-order valence-electron chi connectivity index (χ0n) is 9.73. The topological polar surface area (TPSA) is 55.2 Å². The van der Waals surface area contributed by atoms with E-state index in [4.69, 9.17) is 23.2 Å². The first kappa shape index (κ1) is 14.8. The van der Waals surface area contributed by atoms with Crippen LogP contribution in [0.5, 0.6) is 0 Å². The van der Waals surface area contributed by atoms with Crippen molar-refractivity contribution in [3.8, 4) is 0 Å². The van der Waals surface area contributed by atoms with Crippen LogP contribution in [0.1, 0.15) is 13.3 Å². The van der Waals surface area contributed by atoms with Crippen LogP contribution in [-0.4, -0.2) is 41.5 Å². The van der Waals surface area contributed by atoms with E-state index in [1.54, 1.807) is 7.05 Å². The molecular formula is C9H15Cl2N3O2S. The molecule has 1 heterocycles. The fourth-order valence-corrected chi connectivity index (χ4v) is 3.95. The van der Waals surface area contributed by atoms with Gasteiger partial charge in [0, 0.05) is 26.0 Å². The second-order valence-electron chi connectivity index (χ2n) is 3.51. The SMILES string of the molecule is CCCN(CCCl)S(=O)(=O)c1c(Cl)cnn1C. The maximum atomic E-state index is 12.3. The minimum atomic E-state index is -3.63. The molecule has 5 nitrogen and oxygen atoms in total. The molecule has 17 heavy (non-hydrogen) atoms. The Morgan fingerprint density at radius 1 is 1.47 bits per heavy atom. The fraction of sp³-hybridized carbons (Fsp3) is 0.667. The molecule has 1 aromatic rings. The van der Waals surface area contributed by atoms with Crippen molar-refractivity contribution in [2.75, 3.05) is 19.0 Å². The largest absolute Gasteiger partial charge is 0.261 e. The lowest BCUT2D eigenvalue weighted by atomic mass is 10.5. The molecule has 0 atom stereocenters. The van der Waals surface area contributed by atoms with Crippen LogP contribution in [0.4, 0.5) is 0 Å². The van der Waals surface area contributed by atoms with Crippen LogP contribution in [-0.2, 0) is 17.1 Å². The average Bonchev–Trinajstić information content (AvgIpc) is 2.58. The molecule has 0 radical (unpaired) electrons. The molecule has 0 aliphatic heterocycles. The van der Waals surface area contributed by atoms with Gasteiger partial charge in [-0.2, -0.15) is 9.40 Å². The summed E-state index contributed by atoms with van der Waals surface area (Å²) in [6, 6.07) is 0. The summed E-state index contributed by atoms with van der Waals surface area (Å²) in [6.07, 6.45) is 2.03. The number of aryl methyl sites for hydroxylation is 1. The zero-order chi connectivity index (χ0) is 13.1. The van der Waals surface area contributed by atoms with Gasteiger partial charge >= 0.3 is 0 Å². The summed E-state index contributed by atoms with van der Waals surface area (Å²) in [6.45, 7) is 2.58. The second-order valence-corrected chi connectivity index (χ2v) is 6.15. The Morgan fingerprint density at radius 2 is 2.12 bits per heavy atom. The van der Waals surface area contributed by atoms with Gasteiger partial charge < -0.3 is 0 Å². The molecule has 0 amide bonds. The summed E-state index contributed by atoms with van der Waals surface area (Å²) in [5.74, 6) is 0.245. The van der Waals surface area contributed by atoms with Crippen LogP contribution in [0.25, 0.3) is 0 Å². The van der Waals surface area contributed by atoms with Crippen molar-refractivity contribution < 1.29 is 8.42 Å². The number of halogens is 2. The quantitative estimate of drug-likeness (QED) is 0.752. The minimum Gasteiger partial charge on any atom is -0.255 e. The third-order valence-corrected chi connectivity index (χ3v) is 4.81. The van der Waals surface area contributed by atoms with Crippen LogP contribution in [0.2, 0.25) is 5.02 Å². The summed E-state index contributed by atoms with van der Waals surface area (Å²) < 4.78 is 27.3. The highest BCUT2D eigenvalue weighted by atomic mass is 35.5. The van der Waals surface area contributed by atoms with E-state index in [9.17, 15) is 8.42 Å². The normalized spacial score (nSPS) is 12.3. The number of hydrogen-bond donors (Lipinski definition) is 0. The molecule has 1 rings (SSSR count). The van der Waals surface area contributed by atoms with Gasteiger partial charge in [0.1, 0.15) is 0 Å². The molecule has 0 bridgehead atoms. The number of nitrogens with zero attached hydrogens (tertiary/aromatic N) is 3. The van der Waals surface area contributed by atoms with Gasteiger partial charge in [-0.05, 0) is 6.42 Å². The van der Waals surface area contributed by atoms with Crippen molar-refractivity contribution >= 4 is 33.2 Å². The van der Waals surface area contributed by atoms with Crippen molar-refractivity contribution in [2.45, 2.75) is 18.4 Å². The summed E-state index contributed by atoms with van der Waals surface area (Å²) >= 11 is 11.5. The molecule has 0 unspecified atom stereocenters. The maximum Gasteiger partial charge on any atom is 0.261 e. The lowest BCUT2D eigenvalue weighted by Gasteiger charge is -2.20. The number of sulfonamides is 1. The Morgan fingerprint density at radius 3 is 2.53 bits per heavy atom. The van der Waals surface area contributed by atoms with Crippen LogP contribution in [0.15, 0.2) is 11.2 Å². The lowest BCUT2D eigenvalue weighted by Crippen LogP contribution is -2.34. The molecule has 0 fully saturated rings. The zero-order valence-corrected chi connectivity index (χ0v) is 12.1. The van der Waals surface area contributed by atoms with Gasteiger partial charge in [0.15, 0.2) is 5.03 Å². The summed E-state index contributed by atoms with van der Waals surface area (Å²) in [5, 5.41) is 3.97. The van der Waals surface area contributed by atoms with Gasteiger partial charge in [-0.3, -0.25) is 4.68 Å². The van der Waals surface area contributed by atoms with E-state index in [1.807, 2.05) is 6.92 Å². The molecule has 0 saturated heterocycles. The standard InChI is InChI=1S/C9H15Cl2N3O2S/c1-3-5-14(6-4-10)17(15,16)9-8(11)7-12-13(9)2/h7H,3-6H2,1-2H3. The van der Waals surface area contributed by atoms with Crippen molar-refractivity contribution in [3.05, 3.63) is 11.2 Å². The Hall–Kier alpha value is -0.300. The summed E-state index contributed by atoms with van der Waals surface area (Å²) in [7, 11) is -2.08. The van der Waals surface area contributed by atoms with E-state index in [2.05, 4.69) is 5.10 Å². The van der Waals surface area contributed by atoms with E-state index >= 15 is 0 Å². The van der Waals surface area contributed by atoms with E-state index in [-0.39, 0.29) is 22.5 Å². The molecule has 8 heteroatoms. The highest BCUT2D eigenvalue weighted by Crippen LogP contribution is 2.23. The predicted molar refractivity (Wildman–Crippen MR) is 68.0 cm³/mol. The maximum absolute atomic E-state index is 12.3. The van der Waals surface area contributed by atoms with Crippen molar-refractivity contribution in [3.63, 3.8) is 0 Å². The highest BCUT2D eigenvalue weighted by Gasteiger charge is 2.29. The van der Waals surface area contributed by atoms with Gasteiger partial charge in [0.05, 0.1) is 11.2 Å². The van der Waals surface area contributed by atoms with Crippen molar-refractivity contribution in [2.24, 2.45) is 7.05 Å². The molecule has 0 aliphatic carbocycles. The van der Waals surface area contributed by atoms with Gasteiger partial charge in [0.2, 0.25) is 0 Å². The van der Waals surface area contributed by atoms with Crippen LogP contribution in [0.3, 0.4) is 0 Å². The van der Waals surface area contributed by atoms with E-state index < -0.39 is 10.0 Å². The molecule has 0 saturated carbocycles. The van der Waals surface area contributed by atoms with E-state index in [1.165, 1.54) is 15.2 Å². The fourth-order valence-electron chi connectivity index (χ4n) is 1.51. The monoisotopic (exact) mass is 299 g/mol. The number of alkyl halides is 1. The van der Waals surface area contributed by atoms with Crippen LogP contribution < -0.4 is 0 Å². The average molecular weight is 300 g/mol. The number of rotatable bonds is 6. The summed E-state index contributed by atoms with van der Waals surface area (Å²) in [5.41, 5.74) is 0. The van der Waals surface area contributed by atoms with E-state index in [0.29, 0.717) is 13.0 Å². The minimum absolute atomic E-state index is 0.0118. The molecule has 0 spiro atoms. The first-order chi connectivity index (χ1) is 7.95. The number of hydrogen-bond acceptors (Lipinski definition) is 3. The third-order valence-electron chi connectivity index (χ3n) is 2.23. The van der Waals surface area contributed by atoms with Gasteiger partial charge in [-0.1, -0.05) is 18.5 Å². The highest BCUT2D eigenvalue weighted by molar-refractivity contribution is 7.89. The lowest BCUT2D eigenvalue weighted by molar-refractivity contribution is 0.422. The van der Waals surface area contributed by atoms with Gasteiger partial charge in [-0.15, -0.1) is 11.6 Å². The van der Waals surface area contributed by atoms with E-state index in [0.717, 1.165) is 0 Å². The molecule has 1 aromatic heterocycles. The van der Waals surface area contributed by atoms with Gasteiger partial charge in [0.25, 0.3) is 10.0 Å². The molecule has 0 N–H and O–H groups in total. The predicted octanol–water partition coefficient (Wildman–Crippen LogP) is 1.71. The Labute approximate surface area is 111 Å². The van der Waals surface area contributed by atoms with Crippen molar-refractivity contribution in [1.82, 2.24) is 14.1 Å².